The Morgan fingerprint density at radius 3 is 2.54 bits per heavy atom. The smallest absolute Gasteiger partial charge is 0.221 e. The van der Waals surface area contributed by atoms with Crippen LogP contribution in [0, 0.1) is 0 Å². The van der Waals surface area contributed by atoms with Crippen LogP contribution in [0.15, 0.2) is 53.5 Å². The molecule has 1 amide bonds. The van der Waals surface area contributed by atoms with Crippen molar-refractivity contribution in [2.75, 3.05) is 25.0 Å². The van der Waals surface area contributed by atoms with Gasteiger partial charge in [-0.3, -0.25) is 4.79 Å². The molecule has 0 aliphatic carbocycles. The highest BCUT2D eigenvalue weighted by Gasteiger charge is 2.02. The van der Waals surface area contributed by atoms with Crippen LogP contribution < -0.4 is 20.7 Å². The number of rotatable bonds is 9. The fourth-order valence-corrected chi connectivity index (χ4v) is 2.77. The molecule has 0 aliphatic rings. The van der Waals surface area contributed by atoms with Crippen LogP contribution >= 0.6 is 0 Å². The molecule has 0 atom stereocenters. The van der Waals surface area contributed by atoms with Crippen molar-refractivity contribution in [2.24, 2.45) is 4.99 Å². The number of nitrogens with one attached hydrogen (secondary N) is 3. The summed E-state index contributed by atoms with van der Waals surface area (Å²) in [5, 5.41) is 9.29. The molecule has 3 N–H and O–H groups in total. The predicted octanol–water partition coefficient (Wildman–Crippen LogP) is 3.34. The highest BCUT2D eigenvalue weighted by Crippen LogP contribution is 2.17. The Labute approximate surface area is 167 Å². The van der Waals surface area contributed by atoms with Gasteiger partial charge in [-0.05, 0) is 36.6 Å². The van der Waals surface area contributed by atoms with Gasteiger partial charge in [0.25, 0.3) is 0 Å². The van der Waals surface area contributed by atoms with E-state index in [0.717, 1.165) is 24.6 Å². The molecule has 150 valence electrons. The molecule has 0 fully saturated rings. The van der Waals surface area contributed by atoms with E-state index in [4.69, 9.17) is 4.74 Å². The van der Waals surface area contributed by atoms with Gasteiger partial charge in [0.15, 0.2) is 5.96 Å². The Bertz CT molecular complexity index is 790. The summed E-state index contributed by atoms with van der Waals surface area (Å²) in [6.07, 6.45) is 1.00. The minimum absolute atomic E-state index is 0.102. The lowest BCUT2D eigenvalue weighted by atomic mass is 10.1. The molecular weight excluding hydrogens is 352 g/mol. The summed E-state index contributed by atoms with van der Waals surface area (Å²) in [6.45, 7) is 8.22. The molecule has 0 spiro atoms. The minimum atomic E-state index is -0.102. The van der Waals surface area contributed by atoms with E-state index >= 15 is 0 Å². The topological polar surface area (TPSA) is 74.8 Å². The molecular formula is C22H30N4O2. The van der Waals surface area contributed by atoms with Gasteiger partial charge in [-0.15, -0.1) is 0 Å². The van der Waals surface area contributed by atoms with Crippen LogP contribution in [0.25, 0.3) is 0 Å². The van der Waals surface area contributed by atoms with Crippen molar-refractivity contribution < 1.29 is 9.53 Å². The molecule has 28 heavy (non-hydrogen) atoms. The molecule has 2 rings (SSSR count). The van der Waals surface area contributed by atoms with Gasteiger partial charge < -0.3 is 20.7 Å². The van der Waals surface area contributed by atoms with Crippen molar-refractivity contribution in [3.8, 4) is 5.75 Å². The zero-order valence-electron chi connectivity index (χ0n) is 16.9. The van der Waals surface area contributed by atoms with Crippen LogP contribution in [0.5, 0.6) is 5.75 Å². The molecule has 2 aromatic carbocycles. The van der Waals surface area contributed by atoms with E-state index in [-0.39, 0.29) is 5.91 Å². The largest absolute Gasteiger partial charge is 0.492 e. The second-order valence-corrected chi connectivity index (χ2v) is 6.30. The molecule has 6 heteroatoms. The number of ether oxygens (including phenoxy) is 1. The Kier molecular flexibility index (Phi) is 8.85. The molecule has 0 aromatic heterocycles. The third-order valence-corrected chi connectivity index (χ3v) is 4.07. The highest BCUT2D eigenvalue weighted by molar-refractivity contribution is 5.88. The number of carbonyl (C=O) groups is 1. The molecule has 6 nitrogen and oxygen atoms in total. The lowest BCUT2D eigenvalue weighted by Gasteiger charge is -2.13. The monoisotopic (exact) mass is 382 g/mol. The maximum atomic E-state index is 11.1. The number of amides is 1. The van der Waals surface area contributed by atoms with Crippen LogP contribution in [0.2, 0.25) is 0 Å². The van der Waals surface area contributed by atoms with Gasteiger partial charge in [0.05, 0.1) is 13.1 Å². The molecule has 0 radical (unpaired) electrons. The number of hydrogen-bond donors (Lipinski definition) is 3. The number of nitrogens with zero attached hydrogens (tertiary/aromatic N) is 1. The van der Waals surface area contributed by atoms with E-state index in [9.17, 15) is 4.79 Å². The van der Waals surface area contributed by atoms with Crippen LogP contribution in [0.4, 0.5) is 5.69 Å². The van der Waals surface area contributed by atoms with Gasteiger partial charge in [0.2, 0.25) is 5.91 Å². The first-order valence-electron chi connectivity index (χ1n) is 9.71. The van der Waals surface area contributed by atoms with E-state index in [1.165, 1.54) is 18.1 Å². The molecule has 0 heterocycles. The summed E-state index contributed by atoms with van der Waals surface area (Å²) in [5.74, 6) is 1.38. The van der Waals surface area contributed by atoms with Crippen LogP contribution in [-0.2, 0) is 17.8 Å². The van der Waals surface area contributed by atoms with Crippen molar-refractivity contribution in [2.45, 2.75) is 33.7 Å². The second-order valence-electron chi connectivity index (χ2n) is 6.30. The van der Waals surface area contributed by atoms with Gasteiger partial charge in [0, 0.05) is 25.2 Å². The van der Waals surface area contributed by atoms with Gasteiger partial charge in [-0.2, -0.15) is 0 Å². The quantitative estimate of drug-likeness (QED) is 0.353. The molecule has 2 aromatic rings. The average Bonchev–Trinajstić information content (AvgIpc) is 2.69. The Balaban J connectivity index is 1.85. The van der Waals surface area contributed by atoms with Crippen molar-refractivity contribution in [1.29, 1.82) is 0 Å². The first-order valence-corrected chi connectivity index (χ1v) is 9.71. The van der Waals surface area contributed by atoms with Crippen molar-refractivity contribution in [3.05, 3.63) is 59.7 Å². The SMILES string of the molecule is CCNC(=NCc1ccccc1CC)NCCOc1cccc(NC(C)=O)c1. The molecule has 0 saturated heterocycles. The van der Waals surface area contributed by atoms with Crippen LogP contribution in [0.1, 0.15) is 31.9 Å². The molecule has 0 unspecified atom stereocenters. The zero-order chi connectivity index (χ0) is 20.2. The Morgan fingerprint density at radius 2 is 1.82 bits per heavy atom. The second kappa shape index (κ2) is 11.6. The summed E-state index contributed by atoms with van der Waals surface area (Å²) < 4.78 is 5.76. The fraction of sp³-hybridized carbons (Fsp3) is 0.364. The van der Waals surface area contributed by atoms with E-state index < -0.39 is 0 Å². The number of anilines is 1. The number of guanidine groups is 1. The zero-order valence-corrected chi connectivity index (χ0v) is 16.9. The number of aliphatic imine (C=N–C) groups is 1. The predicted molar refractivity (Wildman–Crippen MR) is 115 cm³/mol. The van der Waals surface area contributed by atoms with Gasteiger partial charge in [-0.1, -0.05) is 37.3 Å². The fourth-order valence-electron chi connectivity index (χ4n) is 2.77. The van der Waals surface area contributed by atoms with Gasteiger partial charge in [0.1, 0.15) is 12.4 Å². The Morgan fingerprint density at radius 1 is 1.04 bits per heavy atom. The first-order chi connectivity index (χ1) is 13.6. The lowest BCUT2D eigenvalue weighted by molar-refractivity contribution is -0.114. The first kappa shape index (κ1) is 21.3. The minimum Gasteiger partial charge on any atom is -0.492 e. The van der Waals surface area contributed by atoms with Crippen molar-refractivity contribution in [1.82, 2.24) is 10.6 Å². The van der Waals surface area contributed by atoms with E-state index in [2.05, 4.69) is 46.1 Å². The normalized spacial score (nSPS) is 11.0. The highest BCUT2D eigenvalue weighted by atomic mass is 16.5. The van der Waals surface area contributed by atoms with Gasteiger partial charge >= 0.3 is 0 Å². The standard InChI is InChI=1S/C22H30N4O2/c1-4-18-9-6-7-10-19(18)16-25-22(23-5-2)24-13-14-28-21-12-8-11-20(15-21)26-17(3)27/h6-12,15H,4-5,13-14,16H2,1-3H3,(H,26,27)(H2,23,24,25). The summed E-state index contributed by atoms with van der Waals surface area (Å²) in [4.78, 5) is 15.8. The maximum absolute atomic E-state index is 11.1. The van der Waals surface area contributed by atoms with Gasteiger partial charge in [-0.25, -0.2) is 4.99 Å². The van der Waals surface area contributed by atoms with Crippen LogP contribution in [0.3, 0.4) is 0 Å². The molecule has 0 bridgehead atoms. The third kappa shape index (κ3) is 7.31. The summed E-state index contributed by atoms with van der Waals surface area (Å²) >= 11 is 0. The molecule has 0 saturated carbocycles. The number of hydrogen-bond acceptors (Lipinski definition) is 3. The summed E-state index contributed by atoms with van der Waals surface area (Å²) in [6, 6.07) is 15.7. The van der Waals surface area contributed by atoms with E-state index in [1.54, 1.807) is 0 Å². The van der Waals surface area contributed by atoms with E-state index in [1.807, 2.05) is 37.3 Å². The molecule has 0 aliphatic heterocycles. The number of benzene rings is 2. The van der Waals surface area contributed by atoms with Crippen molar-refractivity contribution in [3.63, 3.8) is 0 Å². The van der Waals surface area contributed by atoms with Crippen LogP contribution in [-0.4, -0.2) is 31.6 Å². The summed E-state index contributed by atoms with van der Waals surface area (Å²) in [7, 11) is 0. The van der Waals surface area contributed by atoms with Crippen molar-refractivity contribution >= 4 is 17.6 Å². The number of carbonyl (C=O) groups excluding carboxylic acids is 1. The number of aryl methyl sites for hydroxylation is 1. The lowest BCUT2D eigenvalue weighted by Crippen LogP contribution is -2.39. The van der Waals surface area contributed by atoms with E-state index in [0.29, 0.717) is 25.4 Å². The maximum Gasteiger partial charge on any atom is 0.221 e. The Hall–Kier alpha value is -3.02. The third-order valence-electron chi connectivity index (χ3n) is 4.07. The average molecular weight is 383 g/mol. The summed E-state index contributed by atoms with van der Waals surface area (Å²) in [5.41, 5.74) is 3.29.